The van der Waals surface area contributed by atoms with Crippen molar-refractivity contribution in [2.24, 2.45) is 0 Å². The van der Waals surface area contributed by atoms with Crippen molar-refractivity contribution < 1.29 is 0 Å². The number of thiocarbonyl (C=S) groups is 1. The lowest BCUT2D eigenvalue weighted by atomic mass is 10.1. The lowest BCUT2D eigenvalue weighted by Gasteiger charge is -2.34. The number of benzene rings is 2. The third kappa shape index (κ3) is 4.70. The first-order chi connectivity index (χ1) is 14.7. The molecule has 4 rings (SSSR count). The Kier molecular flexibility index (Phi) is 6.73. The molecule has 1 aliphatic rings. The number of aromatic nitrogens is 1. The van der Waals surface area contributed by atoms with E-state index >= 15 is 0 Å². The summed E-state index contributed by atoms with van der Waals surface area (Å²) in [6, 6.07) is 17.7. The van der Waals surface area contributed by atoms with Crippen LogP contribution < -0.4 is 5.32 Å². The lowest BCUT2D eigenvalue weighted by molar-refractivity contribution is 0.281. The average Bonchev–Trinajstić information content (AvgIpc) is 2.90. The molecule has 1 saturated carbocycles. The van der Waals surface area contributed by atoms with Crippen LogP contribution in [0.1, 0.15) is 56.6 Å². The summed E-state index contributed by atoms with van der Waals surface area (Å²) in [7, 11) is 0. The zero-order valence-electron chi connectivity index (χ0n) is 18.2. The SMILES string of the molecule is CCn1cc(CN(C(=S)Nc2cccc(C)c2)C2CCCCCC2)c2ccccc21. The minimum absolute atomic E-state index is 0.501. The van der Waals surface area contributed by atoms with Gasteiger partial charge >= 0.3 is 0 Å². The van der Waals surface area contributed by atoms with E-state index in [1.165, 1.54) is 60.6 Å². The number of hydrogen-bond donors (Lipinski definition) is 1. The van der Waals surface area contributed by atoms with Gasteiger partial charge in [-0.25, -0.2) is 0 Å². The number of fused-ring (bicyclic) bond motifs is 1. The van der Waals surface area contributed by atoms with Crippen molar-refractivity contribution in [3.8, 4) is 0 Å². The second-order valence-electron chi connectivity index (χ2n) is 8.53. The molecular weight excluding hydrogens is 386 g/mol. The smallest absolute Gasteiger partial charge is 0.173 e. The second kappa shape index (κ2) is 9.65. The van der Waals surface area contributed by atoms with E-state index in [9.17, 15) is 0 Å². The number of para-hydroxylation sites is 1. The van der Waals surface area contributed by atoms with Crippen LogP contribution in [0.4, 0.5) is 5.69 Å². The average molecular weight is 420 g/mol. The molecule has 30 heavy (non-hydrogen) atoms. The normalized spacial score (nSPS) is 15.1. The molecule has 2 aromatic carbocycles. The molecule has 0 bridgehead atoms. The maximum atomic E-state index is 5.99. The molecule has 0 aliphatic heterocycles. The molecule has 0 unspecified atom stereocenters. The maximum Gasteiger partial charge on any atom is 0.173 e. The molecule has 1 aromatic heterocycles. The number of rotatable bonds is 5. The van der Waals surface area contributed by atoms with E-state index in [0.717, 1.165) is 23.9 Å². The molecule has 4 heteroatoms. The second-order valence-corrected chi connectivity index (χ2v) is 8.92. The first-order valence-corrected chi connectivity index (χ1v) is 11.8. The van der Waals surface area contributed by atoms with E-state index in [4.69, 9.17) is 12.2 Å². The number of aryl methyl sites for hydroxylation is 2. The first kappa shape index (κ1) is 20.9. The lowest BCUT2D eigenvalue weighted by Crippen LogP contribution is -2.42. The Morgan fingerprint density at radius 3 is 2.57 bits per heavy atom. The van der Waals surface area contributed by atoms with Crippen molar-refractivity contribution in [3.05, 3.63) is 65.9 Å². The van der Waals surface area contributed by atoms with Gasteiger partial charge in [0.1, 0.15) is 0 Å². The van der Waals surface area contributed by atoms with Crippen LogP contribution in [0, 0.1) is 6.92 Å². The van der Waals surface area contributed by atoms with E-state index in [0.29, 0.717) is 6.04 Å². The fourth-order valence-corrected chi connectivity index (χ4v) is 5.08. The molecule has 158 valence electrons. The first-order valence-electron chi connectivity index (χ1n) is 11.4. The Labute approximate surface area is 186 Å². The van der Waals surface area contributed by atoms with Crippen LogP contribution >= 0.6 is 12.2 Å². The third-order valence-electron chi connectivity index (χ3n) is 6.35. The summed E-state index contributed by atoms with van der Waals surface area (Å²) < 4.78 is 2.35. The minimum atomic E-state index is 0.501. The minimum Gasteiger partial charge on any atom is -0.347 e. The van der Waals surface area contributed by atoms with Gasteiger partial charge in [0.25, 0.3) is 0 Å². The maximum absolute atomic E-state index is 5.99. The van der Waals surface area contributed by atoms with Gasteiger partial charge < -0.3 is 14.8 Å². The third-order valence-corrected chi connectivity index (χ3v) is 6.68. The van der Waals surface area contributed by atoms with Gasteiger partial charge in [-0.1, -0.05) is 56.0 Å². The molecule has 0 saturated heterocycles. The summed E-state index contributed by atoms with van der Waals surface area (Å²) >= 11 is 5.99. The van der Waals surface area contributed by atoms with Crippen molar-refractivity contribution in [1.82, 2.24) is 9.47 Å². The summed E-state index contributed by atoms with van der Waals surface area (Å²) in [4.78, 5) is 2.46. The predicted molar refractivity (Wildman–Crippen MR) is 132 cm³/mol. The zero-order valence-corrected chi connectivity index (χ0v) is 19.0. The molecule has 0 radical (unpaired) electrons. The van der Waals surface area contributed by atoms with Crippen molar-refractivity contribution in [1.29, 1.82) is 0 Å². The number of nitrogens with zero attached hydrogens (tertiary/aromatic N) is 2. The Bertz CT molecular complexity index is 998. The molecule has 3 aromatic rings. The van der Waals surface area contributed by atoms with Crippen molar-refractivity contribution in [2.75, 3.05) is 5.32 Å². The van der Waals surface area contributed by atoms with E-state index in [2.05, 4.69) is 83.4 Å². The van der Waals surface area contributed by atoms with Gasteiger partial charge in [0.05, 0.1) is 0 Å². The Morgan fingerprint density at radius 2 is 1.83 bits per heavy atom. The van der Waals surface area contributed by atoms with Crippen LogP contribution in [0.3, 0.4) is 0 Å². The Morgan fingerprint density at radius 1 is 1.07 bits per heavy atom. The van der Waals surface area contributed by atoms with Crippen LogP contribution in [0.5, 0.6) is 0 Å². The quantitative estimate of drug-likeness (QED) is 0.359. The standard InChI is InChI=1S/C26H33N3S/c1-3-28-18-21(24-15-8-9-16-25(24)28)19-29(23-13-6-4-5-7-14-23)26(30)27-22-12-10-11-20(2)17-22/h8-12,15-18,23H,3-7,13-14,19H2,1-2H3,(H,27,30). The highest BCUT2D eigenvalue weighted by Gasteiger charge is 2.24. The molecule has 0 amide bonds. The van der Waals surface area contributed by atoms with Gasteiger partial charge in [-0.05, 0) is 68.2 Å². The van der Waals surface area contributed by atoms with Crippen molar-refractivity contribution in [2.45, 2.75) is 71.5 Å². The molecule has 0 spiro atoms. The fraction of sp³-hybridized carbons (Fsp3) is 0.423. The number of nitrogens with one attached hydrogen (secondary N) is 1. The highest BCUT2D eigenvalue weighted by molar-refractivity contribution is 7.80. The van der Waals surface area contributed by atoms with Crippen LogP contribution in [-0.2, 0) is 13.1 Å². The summed E-state index contributed by atoms with van der Waals surface area (Å²) in [6.45, 7) is 6.17. The summed E-state index contributed by atoms with van der Waals surface area (Å²) in [5, 5.41) is 5.73. The van der Waals surface area contributed by atoms with Crippen molar-refractivity contribution in [3.63, 3.8) is 0 Å². The molecule has 1 heterocycles. The fourth-order valence-electron chi connectivity index (χ4n) is 4.75. The largest absolute Gasteiger partial charge is 0.347 e. The van der Waals surface area contributed by atoms with Crippen LogP contribution in [0.25, 0.3) is 10.9 Å². The molecule has 1 aliphatic carbocycles. The van der Waals surface area contributed by atoms with E-state index in [1.807, 2.05) is 0 Å². The van der Waals surface area contributed by atoms with Gasteiger partial charge in [-0.3, -0.25) is 0 Å². The number of hydrogen-bond acceptors (Lipinski definition) is 1. The van der Waals surface area contributed by atoms with E-state index < -0.39 is 0 Å². The number of anilines is 1. The van der Waals surface area contributed by atoms with Gasteiger partial charge in [0.15, 0.2) is 5.11 Å². The van der Waals surface area contributed by atoms with E-state index in [1.54, 1.807) is 0 Å². The topological polar surface area (TPSA) is 20.2 Å². The summed E-state index contributed by atoms with van der Waals surface area (Å²) in [6.07, 6.45) is 10.1. The molecule has 1 N–H and O–H groups in total. The molecule has 0 atom stereocenters. The molecule has 3 nitrogen and oxygen atoms in total. The predicted octanol–water partition coefficient (Wildman–Crippen LogP) is 6.89. The summed E-state index contributed by atoms with van der Waals surface area (Å²) in [5.74, 6) is 0. The van der Waals surface area contributed by atoms with Gasteiger partial charge in [-0.2, -0.15) is 0 Å². The van der Waals surface area contributed by atoms with Gasteiger partial charge in [0.2, 0.25) is 0 Å². The van der Waals surface area contributed by atoms with Crippen LogP contribution in [-0.4, -0.2) is 20.6 Å². The molecular formula is C26H33N3S. The Hall–Kier alpha value is -2.33. The molecule has 1 fully saturated rings. The highest BCUT2D eigenvalue weighted by Crippen LogP contribution is 2.28. The van der Waals surface area contributed by atoms with Crippen LogP contribution in [0.15, 0.2) is 54.7 Å². The van der Waals surface area contributed by atoms with Crippen LogP contribution in [0.2, 0.25) is 0 Å². The highest BCUT2D eigenvalue weighted by atomic mass is 32.1. The van der Waals surface area contributed by atoms with Crippen molar-refractivity contribution >= 4 is 33.9 Å². The monoisotopic (exact) mass is 419 g/mol. The Balaban J connectivity index is 1.64. The van der Waals surface area contributed by atoms with E-state index in [-0.39, 0.29) is 0 Å². The zero-order chi connectivity index (χ0) is 20.9. The summed E-state index contributed by atoms with van der Waals surface area (Å²) in [5.41, 5.74) is 5.00. The van der Waals surface area contributed by atoms with Gasteiger partial charge in [0, 0.05) is 41.9 Å². The van der Waals surface area contributed by atoms with Gasteiger partial charge in [-0.15, -0.1) is 0 Å².